The van der Waals surface area contributed by atoms with E-state index in [1.54, 1.807) is 0 Å². The summed E-state index contributed by atoms with van der Waals surface area (Å²) >= 11 is 0. The van der Waals surface area contributed by atoms with Gasteiger partial charge in [0.1, 0.15) is 34.5 Å². The third-order valence-electron chi connectivity index (χ3n) is 5.81. The predicted octanol–water partition coefficient (Wildman–Crippen LogP) is 4.19. The molecule has 0 amide bonds. The molecule has 0 aromatic heterocycles. The highest BCUT2D eigenvalue weighted by Gasteiger charge is 2.46. The third-order valence-corrected chi connectivity index (χ3v) is 5.81. The van der Waals surface area contributed by atoms with Gasteiger partial charge in [-0.05, 0) is 42.0 Å². The van der Waals surface area contributed by atoms with E-state index in [2.05, 4.69) is 36.4 Å². The van der Waals surface area contributed by atoms with E-state index in [-0.39, 0.29) is 6.71 Å². The van der Waals surface area contributed by atoms with Crippen molar-refractivity contribution in [2.75, 3.05) is 0 Å². The van der Waals surface area contributed by atoms with Crippen LogP contribution in [-0.2, 0) is 0 Å². The highest BCUT2D eigenvalue weighted by molar-refractivity contribution is 6.99. The molecule has 0 unspecified atom stereocenters. The Balaban J connectivity index is 1.59. The highest BCUT2D eigenvalue weighted by atomic mass is 16.5. The van der Waals surface area contributed by atoms with Gasteiger partial charge in [0.05, 0.1) is 0 Å². The van der Waals surface area contributed by atoms with Crippen LogP contribution in [0, 0.1) is 0 Å². The van der Waals surface area contributed by atoms with Crippen LogP contribution in [0.1, 0.15) is 0 Å². The van der Waals surface area contributed by atoms with Gasteiger partial charge in [0.25, 0.3) is 6.71 Å². The van der Waals surface area contributed by atoms with Gasteiger partial charge in [-0.1, -0.05) is 42.5 Å². The summed E-state index contributed by atoms with van der Waals surface area (Å²) in [5.41, 5.74) is 5.47. The van der Waals surface area contributed by atoms with Gasteiger partial charge < -0.3 is 14.2 Å². The molecule has 130 valence electrons. The van der Waals surface area contributed by atoms with Gasteiger partial charge in [0.2, 0.25) is 0 Å². The van der Waals surface area contributed by atoms with Crippen LogP contribution in [0.15, 0.2) is 78.9 Å². The largest absolute Gasteiger partial charge is 0.458 e. The Morgan fingerprint density at radius 2 is 1.04 bits per heavy atom. The van der Waals surface area contributed by atoms with Crippen molar-refractivity contribution in [1.29, 1.82) is 0 Å². The first-order valence-electron chi connectivity index (χ1n) is 9.40. The molecule has 4 aromatic carbocycles. The van der Waals surface area contributed by atoms with E-state index in [0.29, 0.717) is 0 Å². The predicted molar refractivity (Wildman–Crippen MR) is 110 cm³/mol. The molecule has 3 nitrogen and oxygen atoms in total. The Hall–Kier alpha value is -3.66. The molecule has 4 heteroatoms. The number of hydrogen-bond acceptors (Lipinski definition) is 3. The summed E-state index contributed by atoms with van der Waals surface area (Å²) in [5, 5.41) is 0. The van der Waals surface area contributed by atoms with Gasteiger partial charge in [0, 0.05) is 22.0 Å². The van der Waals surface area contributed by atoms with E-state index in [1.165, 1.54) is 0 Å². The summed E-state index contributed by atoms with van der Waals surface area (Å²) in [6.45, 7) is 0.0577. The molecule has 0 saturated carbocycles. The van der Waals surface area contributed by atoms with Crippen LogP contribution in [0.25, 0.3) is 11.1 Å². The smallest absolute Gasteiger partial charge is 0.270 e. The van der Waals surface area contributed by atoms with Crippen LogP contribution in [-0.4, -0.2) is 6.71 Å². The fraction of sp³-hybridized carbons (Fsp3) is 0. The molecule has 0 radical (unpaired) electrons. The number of hydrogen-bond donors (Lipinski definition) is 0. The lowest BCUT2D eigenvalue weighted by atomic mass is 9.33. The molecule has 0 N–H and O–H groups in total. The van der Waals surface area contributed by atoms with Gasteiger partial charge >= 0.3 is 0 Å². The van der Waals surface area contributed by atoms with E-state index >= 15 is 0 Å². The summed E-state index contributed by atoms with van der Waals surface area (Å²) < 4.78 is 19.0. The molecule has 3 aliphatic heterocycles. The Labute approximate surface area is 162 Å². The summed E-state index contributed by atoms with van der Waals surface area (Å²) in [6, 6.07) is 26.5. The van der Waals surface area contributed by atoms with E-state index in [9.17, 15) is 0 Å². The Morgan fingerprint density at radius 3 is 1.68 bits per heavy atom. The summed E-state index contributed by atoms with van der Waals surface area (Å²) in [6.07, 6.45) is 0. The Bertz CT molecular complexity index is 1260. The SMILES string of the molecule is c1ccc(-c2ccc3c4c2Oc2cccc5c2B4c2c(cccc2O3)O5)cc1. The summed E-state index contributed by atoms with van der Waals surface area (Å²) in [7, 11) is 0. The van der Waals surface area contributed by atoms with Crippen LogP contribution in [0.2, 0.25) is 0 Å². The van der Waals surface area contributed by atoms with Gasteiger partial charge in [0.15, 0.2) is 0 Å². The van der Waals surface area contributed by atoms with Gasteiger partial charge in [-0.25, -0.2) is 0 Å². The highest BCUT2D eigenvalue weighted by Crippen LogP contribution is 2.44. The van der Waals surface area contributed by atoms with Gasteiger partial charge in [-0.2, -0.15) is 0 Å². The van der Waals surface area contributed by atoms with Crippen molar-refractivity contribution in [3.63, 3.8) is 0 Å². The van der Waals surface area contributed by atoms with Crippen molar-refractivity contribution in [2.24, 2.45) is 0 Å². The molecule has 3 heterocycles. The average molecular weight is 360 g/mol. The third kappa shape index (κ3) is 1.70. The molecular weight excluding hydrogens is 347 g/mol. The minimum atomic E-state index is 0.0577. The maximum atomic E-state index is 6.47. The van der Waals surface area contributed by atoms with E-state index in [4.69, 9.17) is 14.2 Å². The first-order valence-corrected chi connectivity index (χ1v) is 9.40. The van der Waals surface area contributed by atoms with E-state index in [0.717, 1.165) is 62.0 Å². The molecule has 0 spiro atoms. The summed E-state index contributed by atoms with van der Waals surface area (Å²) in [4.78, 5) is 0. The normalized spacial score (nSPS) is 13.8. The monoisotopic (exact) mass is 360 g/mol. The van der Waals surface area contributed by atoms with Gasteiger partial charge in [-0.3, -0.25) is 0 Å². The lowest BCUT2D eigenvalue weighted by Crippen LogP contribution is -2.59. The minimum Gasteiger partial charge on any atom is -0.458 e. The molecule has 28 heavy (non-hydrogen) atoms. The first kappa shape index (κ1) is 14.4. The first-order chi connectivity index (χ1) is 13.9. The zero-order valence-corrected chi connectivity index (χ0v) is 14.8. The Morgan fingerprint density at radius 1 is 0.464 bits per heavy atom. The zero-order chi connectivity index (χ0) is 18.2. The molecule has 3 aliphatic rings. The molecule has 0 bridgehead atoms. The maximum absolute atomic E-state index is 6.47. The second-order valence-corrected chi connectivity index (χ2v) is 7.30. The van der Waals surface area contributed by atoms with Crippen LogP contribution < -0.4 is 30.6 Å². The summed E-state index contributed by atoms with van der Waals surface area (Å²) in [5.74, 6) is 5.15. The van der Waals surface area contributed by atoms with Crippen LogP contribution >= 0.6 is 0 Å². The van der Waals surface area contributed by atoms with Crippen LogP contribution in [0.4, 0.5) is 0 Å². The molecule has 7 rings (SSSR count). The maximum Gasteiger partial charge on any atom is 0.270 e. The van der Waals surface area contributed by atoms with Crippen LogP contribution in [0.3, 0.4) is 0 Å². The van der Waals surface area contributed by atoms with Crippen molar-refractivity contribution in [2.45, 2.75) is 0 Å². The molecule has 0 aliphatic carbocycles. The second kappa shape index (κ2) is 4.99. The Kier molecular flexibility index (Phi) is 2.57. The van der Waals surface area contributed by atoms with Crippen molar-refractivity contribution < 1.29 is 14.2 Å². The topological polar surface area (TPSA) is 27.7 Å². The molecule has 0 saturated heterocycles. The van der Waals surface area contributed by atoms with Crippen molar-refractivity contribution >= 4 is 23.1 Å². The standard InChI is InChI=1S/C24H13BO3/c1-2-6-14(7-3-1)15-12-13-20-23-24(15)28-19-11-5-10-18-22(19)25(23)21-16(26-18)8-4-9-17(21)27-20/h1-13H. The molecule has 0 atom stereocenters. The minimum absolute atomic E-state index is 0.0577. The number of ether oxygens (including phenoxy) is 3. The fourth-order valence-electron chi connectivity index (χ4n) is 4.65. The fourth-order valence-corrected chi connectivity index (χ4v) is 4.65. The molecular formula is C24H13BO3. The quantitative estimate of drug-likeness (QED) is 0.411. The number of rotatable bonds is 1. The second-order valence-electron chi connectivity index (χ2n) is 7.30. The van der Waals surface area contributed by atoms with Crippen molar-refractivity contribution in [1.82, 2.24) is 0 Å². The van der Waals surface area contributed by atoms with Crippen LogP contribution in [0.5, 0.6) is 34.5 Å². The molecule has 0 fully saturated rings. The average Bonchev–Trinajstić information content (AvgIpc) is 2.75. The number of benzene rings is 4. The lowest BCUT2D eigenvalue weighted by molar-refractivity contribution is 0.443. The van der Waals surface area contributed by atoms with E-state index in [1.807, 2.05) is 42.5 Å². The zero-order valence-electron chi connectivity index (χ0n) is 14.8. The molecule has 4 aromatic rings. The van der Waals surface area contributed by atoms with Crippen molar-refractivity contribution in [3.05, 3.63) is 78.9 Å². The van der Waals surface area contributed by atoms with E-state index < -0.39 is 0 Å². The van der Waals surface area contributed by atoms with Crippen molar-refractivity contribution in [3.8, 4) is 45.6 Å². The lowest BCUT2D eigenvalue weighted by Gasteiger charge is -2.37. The van der Waals surface area contributed by atoms with Gasteiger partial charge in [-0.15, -0.1) is 0 Å².